The Labute approximate surface area is 84.0 Å². The van der Waals surface area contributed by atoms with Gasteiger partial charge in [-0.2, -0.15) is 0 Å². The summed E-state index contributed by atoms with van der Waals surface area (Å²) in [6.07, 6.45) is 0. The molecule has 82 valence electrons. The van der Waals surface area contributed by atoms with Crippen LogP contribution >= 0.6 is 0 Å². The molecular weight excluding hydrogens is 184 g/mol. The Hall–Kier alpha value is -1.10. The van der Waals surface area contributed by atoms with E-state index >= 15 is 0 Å². The number of carbonyl (C=O) groups excluding carboxylic acids is 2. The van der Waals surface area contributed by atoms with Crippen LogP contribution in [-0.2, 0) is 14.3 Å². The molecular formula is C9H18N2O3. The van der Waals surface area contributed by atoms with E-state index in [4.69, 9.17) is 10.5 Å². The molecule has 0 aromatic heterocycles. The fourth-order valence-corrected chi connectivity index (χ4v) is 0.789. The van der Waals surface area contributed by atoms with Crippen LogP contribution in [0.3, 0.4) is 0 Å². The van der Waals surface area contributed by atoms with Gasteiger partial charge in [0.25, 0.3) is 0 Å². The van der Waals surface area contributed by atoms with Gasteiger partial charge in [0, 0.05) is 12.5 Å². The fourth-order valence-electron chi connectivity index (χ4n) is 0.789. The second kappa shape index (κ2) is 6.37. The van der Waals surface area contributed by atoms with Crippen molar-refractivity contribution >= 4 is 11.9 Å². The van der Waals surface area contributed by atoms with E-state index < -0.39 is 12.0 Å². The minimum absolute atomic E-state index is 0.229. The molecule has 0 radical (unpaired) electrons. The molecule has 0 aliphatic heterocycles. The quantitative estimate of drug-likeness (QED) is 0.597. The second-order valence-corrected chi connectivity index (χ2v) is 3.12. The summed E-state index contributed by atoms with van der Waals surface area (Å²) in [5, 5.41) is 2.52. The molecule has 0 heterocycles. The maximum atomic E-state index is 11.3. The average molecular weight is 202 g/mol. The van der Waals surface area contributed by atoms with Gasteiger partial charge < -0.3 is 15.8 Å². The Bertz CT molecular complexity index is 206. The van der Waals surface area contributed by atoms with E-state index in [-0.39, 0.29) is 18.4 Å². The number of nitrogens with two attached hydrogens (primary N) is 1. The summed E-state index contributed by atoms with van der Waals surface area (Å²) in [6.45, 7) is 5.58. The molecule has 14 heavy (non-hydrogen) atoms. The standard InChI is InChI=1S/C9H18N2O3/c1-4-14-9(13)7(3)11-8(12)6(2)5-10/h6-7H,4-5,10H2,1-3H3,(H,11,12). The summed E-state index contributed by atoms with van der Waals surface area (Å²) in [5.41, 5.74) is 5.31. The summed E-state index contributed by atoms with van der Waals surface area (Å²) >= 11 is 0. The van der Waals surface area contributed by atoms with Gasteiger partial charge in [-0.3, -0.25) is 4.79 Å². The van der Waals surface area contributed by atoms with Crippen LogP contribution in [0.15, 0.2) is 0 Å². The molecule has 0 spiro atoms. The Morgan fingerprint density at radius 1 is 1.43 bits per heavy atom. The molecule has 0 aromatic rings. The smallest absolute Gasteiger partial charge is 0.328 e. The number of amides is 1. The summed E-state index contributed by atoms with van der Waals surface area (Å²) in [7, 11) is 0. The fraction of sp³-hybridized carbons (Fsp3) is 0.778. The number of carbonyl (C=O) groups is 2. The molecule has 5 heteroatoms. The largest absolute Gasteiger partial charge is 0.464 e. The SMILES string of the molecule is CCOC(=O)C(C)NC(=O)C(C)CN. The molecule has 0 saturated carbocycles. The normalized spacial score (nSPS) is 14.3. The van der Waals surface area contributed by atoms with Gasteiger partial charge in [0.2, 0.25) is 5.91 Å². The molecule has 0 aliphatic carbocycles. The van der Waals surface area contributed by atoms with E-state index in [1.165, 1.54) is 0 Å². The van der Waals surface area contributed by atoms with Crippen LogP contribution < -0.4 is 11.1 Å². The summed E-state index contributed by atoms with van der Waals surface area (Å²) < 4.78 is 4.73. The predicted octanol–water partition coefficient (Wildman–Crippen LogP) is -0.351. The van der Waals surface area contributed by atoms with E-state index in [1.807, 2.05) is 0 Å². The van der Waals surface area contributed by atoms with Crippen LogP contribution in [0.2, 0.25) is 0 Å². The van der Waals surface area contributed by atoms with Crippen molar-refractivity contribution < 1.29 is 14.3 Å². The zero-order chi connectivity index (χ0) is 11.1. The lowest BCUT2D eigenvalue weighted by Gasteiger charge is -2.15. The number of esters is 1. The molecule has 1 amide bonds. The highest BCUT2D eigenvalue weighted by Gasteiger charge is 2.19. The first kappa shape index (κ1) is 12.9. The van der Waals surface area contributed by atoms with Crippen molar-refractivity contribution in [2.45, 2.75) is 26.8 Å². The van der Waals surface area contributed by atoms with E-state index in [2.05, 4.69) is 5.32 Å². The van der Waals surface area contributed by atoms with Gasteiger partial charge in [0.15, 0.2) is 0 Å². The molecule has 0 rings (SSSR count). The maximum Gasteiger partial charge on any atom is 0.328 e. The maximum absolute atomic E-state index is 11.3. The lowest BCUT2D eigenvalue weighted by Crippen LogP contribution is -2.43. The van der Waals surface area contributed by atoms with Gasteiger partial charge in [0.05, 0.1) is 6.61 Å². The van der Waals surface area contributed by atoms with Crippen molar-refractivity contribution in [1.82, 2.24) is 5.32 Å². The van der Waals surface area contributed by atoms with Crippen molar-refractivity contribution in [3.63, 3.8) is 0 Å². The van der Waals surface area contributed by atoms with Crippen molar-refractivity contribution in [1.29, 1.82) is 0 Å². The van der Waals surface area contributed by atoms with Gasteiger partial charge in [-0.1, -0.05) is 6.92 Å². The van der Waals surface area contributed by atoms with Crippen molar-refractivity contribution in [3.8, 4) is 0 Å². The van der Waals surface area contributed by atoms with E-state index in [0.717, 1.165) is 0 Å². The minimum Gasteiger partial charge on any atom is -0.464 e. The zero-order valence-corrected chi connectivity index (χ0v) is 8.87. The Kier molecular flexibility index (Phi) is 5.87. The molecule has 5 nitrogen and oxygen atoms in total. The van der Waals surface area contributed by atoms with Crippen LogP contribution in [0, 0.1) is 5.92 Å². The van der Waals surface area contributed by atoms with E-state index in [1.54, 1.807) is 20.8 Å². The summed E-state index contributed by atoms with van der Waals surface area (Å²) in [6, 6.07) is -0.614. The van der Waals surface area contributed by atoms with Crippen molar-refractivity contribution in [2.75, 3.05) is 13.2 Å². The third kappa shape index (κ3) is 4.23. The van der Waals surface area contributed by atoms with Crippen molar-refractivity contribution in [2.24, 2.45) is 11.7 Å². The third-order valence-electron chi connectivity index (χ3n) is 1.80. The molecule has 0 aliphatic rings. The van der Waals surface area contributed by atoms with Gasteiger partial charge in [0.1, 0.15) is 6.04 Å². The van der Waals surface area contributed by atoms with E-state index in [9.17, 15) is 9.59 Å². The second-order valence-electron chi connectivity index (χ2n) is 3.12. The summed E-state index contributed by atoms with van der Waals surface area (Å²) in [5.74, 6) is -0.940. The van der Waals surface area contributed by atoms with Crippen LogP contribution in [0.5, 0.6) is 0 Å². The first-order valence-electron chi connectivity index (χ1n) is 4.70. The molecule has 0 saturated heterocycles. The number of hydrogen-bond acceptors (Lipinski definition) is 4. The van der Waals surface area contributed by atoms with Gasteiger partial charge in [-0.05, 0) is 13.8 Å². The Balaban J connectivity index is 3.99. The van der Waals surface area contributed by atoms with Crippen LogP contribution in [0.4, 0.5) is 0 Å². The Morgan fingerprint density at radius 2 is 2.00 bits per heavy atom. The molecule has 0 aromatic carbocycles. The predicted molar refractivity (Wildman–Crippen MR) is 52.5 cm³/mol. The first-order valence-corrected chi connectivity index (χ1v) is 4.70. The average Bonchev–Trinajstić information content (AvgIpc) is 2.16. The number of rotatable bonds is 5. The van der Waals surface area contributed by atoms with Crippen LogP contribution in [0.1, 0.15) is 20.8 Å². The molecule has 2 atom stereocenters. The highest BCUT2D eigenvalue weighted by molar-refractivity contribution is 5.85. The van der Waals surface area contributed by atoms with Gasteiger partial charge in [-0.25, -0.2) is 4.79 Å². The first-order chi connectivity index (χ1) is 6.52. The van der Waals surface area contributed by atoms with E-state index in [0.29, 0.717) is 6.61 Å². The lowest BCUT2D eigenvalue weighted by atomic mass is 10.1. The molecule has 0 fully saturated rings. The monoisotopic (exact) mass is 202 g/mol. The number of nitrogens with one attached hydrogen (secondary N) is 1. The zero-order valence-electron chi connectivity index (χ0n) is 8.87. The highest BCUT2D eigenvalue weighted by Crippen LogP contribution is 1.94. The third-order valence-corrected chi connectivity index (χ3v) is 1.80. The lowest BCUT2D eigenvalue weighted by molar-refractivity contribution is -0.147. The number of hydrogen-bond donors (Lipinski definition) is 2. The van der Waals surface area contributed by atoms with Crippen LogP contribution in [0.25, 0.3) is 0 Å². The Morgan fingerprint density at radius 3 is 2.43 bits per heavy atom. The van der Waals surface area contributed by atoms with Gasteiger partial charge >= 0.3 is 5.97 Å². The minimum atomic E-state index is -0.614. The van der Waals surface area contributed by atoms with Gasteiger partial charge in [-0.15, -0.1) is 0 Å². The molecule has 2 unspecified atom stereocenters. The highest BCUT2D eigenvalue weighted by atomic mass is 16.5. The topological polar surface area (TPSA) is 81.4 Å². The number of ether oxygens (including phenoxy) is 1. The van der Waals surface area contributed by atoms with Crippen LogP contribution in [-0.4, -0.2) is 31.1 Å². The molecule has 3 N–H and O–H groups in total. The van der Waals surface area contributed by atoms with Crippen molar-refractivity contribution in [3.05, 3.63) is 0 Å². The summed E-state index contributed by atoms with van der Waals surface area (Å²) in [4.78, 5) is 22.4. The molecule has 0 bridgehead atoms.